The highest BCUT2D eigenvalue weighted by Gasteiger charge is 2.38. The van der Waals surface area contributed by atoms with Gasteiger partial charge in [0.1, 0.15) is 18.0 Å². The van der Waals surface area contributed by atoms with Crippen LogP contribution in [0.25, 0.3) is 0 Å². The molecule has 0 radical (unpaired) electrons. The number of rotatable bonds is 6. The van der Waals surface area contributed by atoms with Crippen molar-refractivity contribution in [2.45, 2.75) is 25.7 Å². The highest BCUT2D eigenvalue weighted by molar-refractivity contribution is 7.86. The topological polar surface area (TPSA) is 112 Å². The number of hydrogen-bond donors (Lipinski definition) is 1. The zero-order chi connectivity index (χ0) is 21.2. The molecule has 1 aromatic heterocycles. The molecule has 0 spiro atoms. The summed E-state index contributed by atoms with van der Waals surface area (Å²) in [6.45, 7) is 1.76. The highest BCUT2D eigenvalue weighted by Crippen LogP contribution is 2.25. The fourth-order valence-electron chi connectivity index (χ4n) is 3.09. The molecule has 8 nitrogen and oxygen atoms in total. The maximum Gasteiger partial charge on any atom is 0.264 e. The Kier molecular flexibility index (Phi) is 6.15. The molecule has 1 amide bonds. The molecule has 3 rings (SSSR count). The summed E-state index contributed by atoms with van der Waals surface area (Å²) < 4.78 is 47.1. The summed E-state index contributed by atoms with van der Waals surface area (Å²) in [5.74, 6) is 0.288. The van der Waals surface area contributed by atoms with Crippen LogP contribution in [0.15, 0.2) is 36.4 Å². The van der Waals surface area contributed by atoms with E-state index in [9.17, 15) is 17.6 Å². The van der Waals surface area contributed by atoms with Gasteiger partial charge in [-0.1, -0.05) is 6.07 Å². The second-order valence-electron chi connectivity index (χ2n) is 6.85. The van der Waals surface area contributed by atoms with E-state index in [2.05, 4.69) is 4.98 Å². The van der Waals surface area contributed by atoms with Crippen LogP contribution in [0.2, 0.25) is 0 Å². The number of halogens is 1. The molecule has 2 N–H and O–H groups in total. The van der Waals surface area contributed by atoms with Crippen molar-refractivity contribution in [2.24, 2.45) is 5.73 Å². The predicted octanol–water partition coefficient (Wildman–Crippen LogP) is 1.78. The van der Waals surface area contributed by atoms with Crippen LogP contribution in [0.5, 0.6) is 11.6 Å². The molecule has 0 aliphatic carbocycles. The molecule has 10 heteroatoms. The summed E-state index contributed by atoms with van der Waals surface area (Å²) in [5, 5.41) is 0. The lowest BCUT2D eigenvalue weighted by Gasteiger charge is -2.16. The van der Waals surface area contributed by atoms with Crippen LogP contribution in [-0.2, 0) is 20.8 Å². The number of pyridine rings is 1. The van der Waals surface area contributed by atoms with Crippen molar-refractivity contribution in [1.29, 1.82) is 0 Å². The van der Waals surface area contributed by atoms with Crippen LogP contribution in [0.4, 0.5) is 4.39 Å². The number of alkyl halides is 1. The van der Waals surface area contributed by atoms with Crippen molar-refractivity contribution in [2.75, 3.05) is 19.3 Å². The molecule has 2 atom stereocenters. The molecule has 1 saturated heterocycles. The molecular formula is C19H22FN3O5S. The van der Waals surface area contributed by atoms with Crippen molar-refractivity contribution in [3.05, 3.63) is 53.2 Å². The standard InChI is InChI=1S/C19H22FN3O5S/c1-12-6-13(9-21)7-18(22-12)27-15-5-3-4-14(8-15)19(24)23-10-16(20)17(11-23)28-29(2,25)26/h3-8,16-17H,9-11,21H2,1-2H3/t16-,17-/m1/s1. The van der Waals surface area contributed by atoms with E-state index in [1.807, 2.05) is 13.0 Å². The molecule has 1 aliphatic rings. The normalized spacial score (nSPS) is 19.4. The Bertz CT molecular complexity index is 1010. The number of carbonyl (C=O) groups is 1. The van der Waals surface area contributed by atoms with Gasteiger partial charge in [-0.25, -0.2) is 9.37 Å². The molecule has 2 heterocycles. The van der Waals surface area contributed by atoms with E-state index in [0.29, 0.717) is 18.2 Å². The van der Waals surface area contributed by atoms with Gasteiger partial charge in [0.25, 0.3) is 16.0 Å². The van der Waals surface area contributed by atoms with Gasteiger partial charge in [-0.05, 0) is 36.8 Å². The highest BCUT2D eigenvalue weighted by atomic mass is 32.2. The number of aromatic nitrogens is 1. The molecule has 0 unspecified atom stereocenters. The van der Waals surface area contributed by atoms with E-state index < -0.39 is 28.3 Å². The van der Waals surface area contributed by atoms with E-state index in [1.54, 1.807) is 24.3 Å². The van der Waals surface area contributed by atoms with Gasteiger partial charge in [0.05, 0.1) is 19.3 Å². The van der Waals surface area contributed by atoms with Gasteiger partial charge in [0.15, 0.2) is 0 Å². The zero-order valence-electron chi connectivity index (χ0n) is 16.0. The molecule has 0 saturated carbocycles. The number of likely N-dealkylation sites (tertiary alicyclic amines) is 1. The molecule has 0 bridgehead atoms. The minimum Gasteiger partial charge on any atom is -0.439 e. The molecule has 2 aromatic rings. The van der Waals surface area contributed by atoms with Gasteiger partial charge in [-0.15, -0.1) is 0 Å². The van der Waals surface area contributed by atoms with Gasteiger partial charge in [-0.3, -0.25) is 8.98 Å². The first-order chi connectivity index (χ1) is 13.6. The van der Waals surface area contributed by atoms with Gasteiger partial charge in [0.2, 0.25) is 5.88 Å². The van der Waals surface area contributed by atoms with Crippen LogP contribution >= 0.6 is 0 Å². The van der Waals surface area contributed by atoms with Crippen LogP contribution < -0.4 is 10.5 Å². The number of carbonyl (C=O) groups excluding carboxylic acids is 1. The van der Waals surface area contributed by atoms with Gasteiger partial charge in [-0.2, -0.15) is 8.42 Å². The fraction of sp³-hybridized carbons (Fsp3) is 0.368. The van der Waals surface area contributed by atoms with E-state index >= 15 is 0 Å². The predicted molar refractivity (Wildman–Crippen MR) is 104 cm³/mol. The first-order valence-corrected chi connectivity index (χ1v) is 10.7. The largest absolute Gasteiger partial charge is 0.439 e. The minimum atomic E-state index is -3.82. The van der Waals surface area contributed by atoms with Crippen molar-refractivity contribution in [1.82, 2.24) is 9.88 Å². The number of ether oxygens (including phenoxy) is 1. The molecule has 1 aromatic carbocycles. The minimum absolute atomic E-state index is 0.155. The maximum atomic E-state index is 14.1. The Morgan fingerprint density at radius 3 is 2.76 bits per heavy atom. The molecular weight excluding hydrogens is 401 g/mol. The molecule has 1 fully saturated rings. The SMILES string of the molecule is Cc1cc(CN)cc(Oc2cccc(C(=O)N3C[C@@H](F)[C@H](OS(C)(=O)=O)C3)c2)n1. The summed E-state index contributed by atoms with van der Waals surface area (Å²) in [6.07, 6.45) is -1.95. The molecule has 1 aliphatic heterocycles. The lowest BCUT2D eigenvalue weighted by molar-refractivity contribution is 0.0772. The summed E-state index contributed by atoms with van der Waals surface area (Å²) >= 11 is 0. The maximum absolute atomic E-state index is 14.1. The summed E-state index contributed by atoms with van der Waals surface area (Å²) in [4.78, 5) is 18.2. The summed E-state index contributed by atoms with van der Waals surface area (Å²) in [6, 6.07) is 9.95. The van der Waals surface area contributed by atoms with Gasteiger partial charge in [0, 0.05) is 23.9 Å². The zero-order valence-corrected chi connectivity index (χ0v) is 16.9. The third kappa shape index (κ3) is 5.49. The van der Waals surface area contributed by atoms with Crippen molar-refractivity contribution >= 4 is 16.0 Å². The Hall–Kier alpha value is -2.56. The van der Waals surface area contributed by atoms with Crippen LogP contribution in [-0.4, -0.2) is 55.8 Å². The number of benzene rings is 1. The first kappa shape index (κ1) is 21.2. The van der Waals surface area contributed by atoms with E-state index in [1.165, 1.54) is 11.0 Å². The van der Waals surface area contributed by atoms with E-state index in [-0.39, 0.29) is 18.7 Å². The average Bonchev–Trinajstić information content (AvgIpc) is 2.99. The smallest absolute Gasteiger partial charge is 0.264 e. The Morgan fingerprint density at radius 2 is 2.07 bits per heavy atom. The van der Waals surface area contributed by atoms with Gasteiger partial charge < -0.3 is 15.4 Å². The second-order valence-corrected chi connectivity index (χ2v) is 8.45. The van der Waals surface area contributed by atoms with Gasteiger partial charge >= 0.3 is 0 Å². The van der Waals surface area contributed by atoms with E-state index in [4.69, 9.17) is 14.7 Å². The first-order valence-electron chi connectivity index (χ1n) is 8.92. The lowest BCUT2D eigenvalue weighted by atomic mass is 10.2. The Balaban J connectivity index is 1.74. The van der Waals surface area contributed by atoms with Crippen molar-refractivity contribution < 1.29 is 26.5 Å². The fourth-order valence-corrected chi connectivity index (χ4v) is 3.72. The van der Waals surface area contributed by atoms with Crippen LogP contribution in [0.3, 0.4) is 0 Å². The monoisotopic (exact) mass is 423 g/mol. The number of aryl methyl sites for hydroxylation is 1. The molecule has 156 valence electrons. The number of nitrogens with two attached hydrogens (primary N) is 1. The third-order valence-electron chi connectivity index (χ3n) is 4.31. The summed E-state index contributed by atoms with van der Waals surface area (Å²) in [7, 11) is -3.82. The van der Waals surface area contributed by atoms with Crippen molar-refractivity contribution in [3.63, 3.8) is 0 Å². The van der Waals surface area contributed by atoms with Crippen LogP contribution in [0, 0.1) is 6.92 Å². The van der Waals surface area contributed by atoms with Crippen molar-refractivity contribution in [3.8, 4) is 11.6 Å². The third-order valence-corrected chi connectivity index (χ3v) is 4.91. The second kappa shape index (κ2) is 8.44. The lowest BCUT2D eigenvalue weighted by Crippen LogP contribution is -2.30. The number of hydrogen-bond acceptors (Lipinski definition) is 7. The van der Waals surface area contributed by atoms with E-state index in [0.717, 1.165) is 17.5 Å². The number of nitrogens with zero attached hydrogens (tertiary/aromatic N) is 2. The Morgan fingerprint density at radius 1 is 1.31 bits per heavy atom. The Labute approximate surface area is 168 Å². The summed E-state index contributed by atoms with van der Waals surface area (Å²) in [5.41, 5.74) is 7.55. The average molecular weight is 423 g/mol. The molecule has 29 heavy (non-hydrogen) atoms. The quantitative estimate of drug-likeness (QED) is 0.705. The van der Waals surface area contributed by atoms with Crippen LogP contribution in [0.1, 0.15) is 21.6 Å². The number of amides is 1.